The maximum Gasteiger partial charge on any atom is 0.133 e. The first-order valence-corrected chi connectivity index (χ1v) is 6.02. The van der Waals surface area contributed by atoms with E-state index in [1.165, 1.54) is 6.33 Å². The molecule has 0 N–H and O–H groups in total. The number of rotatable bonds is 5. The molecule has 0 atom stereocenters. The number of nitrogens with zero attached hydrogens (tertiary/aromatic N) is 4. The summed E-state index contributed by atoms with van der Waals surface area (Å²) >= 11 is 3.32. The highest BCUT2D eigenvalue weighted by molar-refractivity contribution is 9.10. The van der Waals surface area contributed by atoms with Gasteiger partial charge in [-0.2, -0.15) is 5.26 Å². The standard InChI is InChI=1S/C11H15BrN4/c1-9(2)7-16(5-3-4-13)11-6-10(12)14-8-15-11/h6,8-9H,3,5,7H2,1-2H3. The first kappa shape index (κ1) is 12.9. The zero-order chi connectivity index (χ0) is 12.0. The molecule has 0 aromatic carbocycles. The molecular formula is C11H15BrN4. The fraction of sp³-hybridized carbons (Fsp3) is 0.545. The Morgan fingerprint density at radius 2 is 2.25 bits per heavy atom. The van der Waals surface area contributed by atoms with Gasteiger partial charge in [0.15, 0.2) is 0 Å². The Bertz CT molecular complexity index is 372. The second-order valence-corrected chi connectivity index (χ2v) is 4.76. The molecule has 5 heteroatoms. The molecule has 1 aromatic heterocycles. The maximum atomic E-state index is 8.63. The van der Waals surface area contributed by atoms with E-state index in [2.05, 4.69) is 50.7 Å². The van der Waals surface area contributed by atoms with Crippen LogP contribution < -0.4 is 4.90 Å². The third-order valence-corrected chi connectivity index (χ3v) is 2.46. The first-order chi connectivity index (χ1) is 7.63. The van der Waals surface area contributed by atoms with Gasteiger partial charge < -0.3 is 4.90 Å². The Kier molecular flexibility index (Phi) is 5.20. The minimum Gasteiger partial charge on any atom is -0.355 e. The highest BCUT2D eigenvalue weighted by Crippen LogP contribution is 2.16. The molecule has 1 heterocycles. The SMILES string of the molecule is CC(C)CN(CCC#N)c1cc(Br)ncn1. The van der Waals surface area contributed by atoms with E-state index in [1.54, 1.807) is 0 Å². The van der Waals surface area contributed by atoms with Crippen molar-refractivity contribution in [1.29, 1.82) is 5.26 Å². The minimum absolute atomic E-state index is 0.508. The van der Waals surface area contributed by atoms with Crippen LogP contribution in [0.2, 0.25) is 0 Å². The lowest BCUT2D eigenvalue weighted by Gasteiger charge is -2.24. The lowest BCUT2D eigenvalue weighted by Crippen LogP contribution is -2.29. The van der Waals surface area contributed by atoms with Gasteiger partial charge in [-0.1, -0.05) is 13.8 Å². The van der Waals surface area contributed by atoms with Gasteiger partial charge in [-0.3, -0.25) is 0 Å². The molecule has 0 spiro atoms. The Morgan fingerprint density at radius 3 is 2.81 bits per heavy atom. The van der Waals surface area contributed by atoms with Gasteiger partial charge in [0.05, 0.1) is 12.5 Å². The van der Waals surface area contributed by atoms with Crippen molar-refractivity contribution in [2.24, 2.45) is 5.92 Å². The molecule has 1 rings (SSSR count). The molecule has 86 valence electrons. The lowest BCUT2D eigenvalue weighted by atomic mass is 10.2. The van der Waals surface area contributed by atoms with E-state index in [0.29, 0.717) is 18.9 Å². The summed E-state index contributed by atoms with van der Waals surface area (Å²) < 4.78 is 0.767. The van der Waals surface area contributed by atoms with Gasteiger partial charge >= 0.3 is 0 Å². The van der Waals surface area contributed by atoms with Gasteiger partial charge in [0, 0.05) is 19.2 Å². The van der Waals surface area contributed by atoms with Crippen molar-refractivity contribution in [3.05, 3.63) is 17.0 Å². The molecule has 0 bridgehead atoms. The van der Waals surface area contributed by atoms with E-state index in [1.807, 2.05) is 6.07 Å². The van der Waals surface area contributed by atoms with Crippen LogP contribution in [0.25, 0.3) is 0 Å². The highest BCUT2D eigenvalue weighted by Gasteiger charge is 2.10. The van der Waals surface area contributed by atoms with Crippen LogP contribution in [0, 0.1) is 17.2 Å². The van der Waals surface area contributed by atoms with E-state index >= 15 is 0 Å². The van der Waals surface area contributed by atoms with Crippen molar-refractivity contribution in [3.63, 3.8) is 0 Å². The summed E-state index contributed by atoms with van der Waals surface area (Å²) in [7, 11) is 0. The zero-order valence-electron chi connectivity index (χ0n) is 9.52. The monoisotopic (exact) mass is 282 g/mol. The quantitative estimate of drug-likeness (QED) is 0.779. The number of hydrogen-bond donors (Lipinski definition) is 0. The largest absolute Gasteiger partial charge is 0.355 e. The van der Waals surface area contributed by atoms with Crippen LogP contribution >= 0.6 is 15.9 Å². The predicted octanol–water partition coefficient (Wildman–Crippen LogP) is 2.62. The molecule has 0 radical (unpaired) electrons. The zero-order valence-corrected chi connectivity index (χ0v) is 11.1. The van der Waals surface area contributed by atoms with E-state index in [0.717, 1.165) is 17.0 Å². The summed E-state index contributed by atoms with van der Waals surface area (Å²) in [4.78, 5) is 10.3. The number of aromatic nitrogens is 2. The summed E-state index contributed by atoms with van der Waals surface area (Å²) in [6.45, 7) is 5.90. The van der Waals surface area contributed by atoms with Crippen LogP contribution in [0.3, 0.4) is 0 Å². The average molecular weight is 283 g/mol. The van der Waals surface area contributed by atoms with Crippen molar-refractivity contribution in [3.8, 4) is 6.07 Å². The Balaban J connectivity index is 2.79. The number of halogens is 1. The van der Waals surface area contributed by atoms with E-state index in [-0.39, 0.29) is 0 Å². The molecule has 0 aliphatic carbocycles. The fourth-order valence-corrected chi connectivity index (χ4v) is 1.72. The van der Waals surface area contributed by atoms with E-state index in [4.69, 9.17) is 5.26 Å². The third-order valence-electron chi connectivity index (χ3n) is 2.02. The van der Waals surface area contributed by atoms with Crippen molar-refractivity contribution >= 4 is 21.7 Å². The Hall–Kier alpha value is -1.15. The second kappa shape index (κ2) is 6.44. The molecular weight excluding hydrogens is 268 g/mol. The molecule has 16 heavy (non-hydrogen) atoms. The van der Waals surface area contributed by atoms with Gasteiger partial charge in [-0.05, 0) is 21.8 Å². The van der Waals surface area contributed by atoms with Crippen molar-refractivity contribution in [2.75, 3.05) is 18.0 Å². The van der Waals surface area contributed by atoms with E-state index in [9.17, 15) is 0 Å². The topological polar surface area (TPSA) is 52.8 Å². The van der Waals surface area contributed by atoms with Crippen molar-refractivity contribution in [1.82, 2.24) is 9.97 Å². The molecule has 4 nitrogen and oxygen atoms in total. The van der Waals surface area contributed by atoms with E-state index < -0.39 is 0 Å². The maximum absolute atomic E-state index is 8.63. The molecule has 0 aliphatic rings. The van der Waals surface area contributed by atoms with Crippen LogP contribution in [-0.4, -0.2) is 23.1 Å². The van der Waals surface area contributed by atoms with Gasteiger partial charge in [0.2, 0.25) is 0 Å². The third kappa shape index (κ3) is 4.15. The Labute approximate surface area is 104 Å². The fourth-order valence-electron chi connectivity index (χ4n) is 1.42. The summed E-state index contributed by atoms with van der Waals surface area (Å²) in [5, 5.41) is 8.63. The number of nitriles is 1. The van der Waals surface area contributed by atoms with Crippen LogP contribution in [0.4, 0.5) is 5.82 Å². The predicted molar refractivity (Wildman–Crippen MR) is 67.0 cm³/mol. The molecule has 0 fully saturated rings. The van der Waals surface area contributed by atoms with Crippen molar-refractivity contribution < 1.29 is 0 Å². The Morgan fingerprint density at radius 1 is 1.50 bits per heavy atom. The molecule has 0 amide bonds. The summed E-state index contributed by atoms with van der Waals surface area (Å²) in [6, 6.07) is 4.03. The summed E-state index contributed by atoms with van der Waals surface area (Å²) in [6.07, 6.45) is 2.04. The highest BCUT2D eigenvalue weighted by atomic mass is 79.9. The molecule has 0 unspecified atom stereocenters. The molecule has 0 saturated carbocycles. The smallest absolute Gasteiger partial charge is 0.133 e. The van der Waals surface area contributed by atoms with Gasteiger partial charge in [-0.25, -0.2) is 9.97 Å². The normalized spacial score (nSPS) is 10.2. The van der Waals surface area contributed by atoms with Crippen LogP contribution in [0.15, 0.2) is 17.0 Å². The number of anilines is 1. The van der Waals surface area contributed by atoms with Gasteiger partial charge in [-0.15, -0.1) is 0 Å². The van der Waals surface area contributed by atoms with Gasteiger partial charge in [0.25, 0.3) is 0 Å². The second-order valence-electron chi connectivity index (χ2n) is 3.95. The first-order valence-electron chi connectivity index (χ1n) is 5.23. The van der Waals surface area contributed by atoms with Crippen LogP contribution in [0.5, 0.6) is 0 Å². The molecule has 0 saturated heterocycles. The molecule has 0 aliphatic heterocycles. The minimum atomic E-state index is 0.508. The van der Waals surface area contributed by atoms with Crippen LogP contribution in [-0.2, 0) is 0 Å². The van der Waals surface area contributed by atoms with Crippen LogP contribution in [0.1, 0.15) is 20.3 Å². The molecule has 1 aromatic rings. The summed E-state index contributed by atoms with van der Waals surface area (Å²) in [5.41, 5.74) is 0. The van der Waals surface area contributed by atoms with Gasteiger partial charge in [0.1, 0.15) is 16.7 Å². The lowest BCUT2D eigenvalue weighted by molar-refractivity contribution is 0.607. The average Bonchev–Trinajstić information content (AvgIpc) is 2.23. The van der Waals surface area contributed by atoms with Crippen molar-refractivity contribution in [2.45, 2.75) is 20.3 Å². The number of hydrogen-bond acceptors (Lipinski definition) is 4. The summed E-state index contributed by atoms with van der Waals surface area (Å²) in [5.74, 6) is 1.40.